The minimum atomic E-state index is -0.435. The van der Waals surface area contributed by atoms with Crippen molar-refractivity contribution in [2.24, 2.45) is 10.2 Å². The third-order valence-corrected chi connectivity index (χ3v) is 2.95. The molecule has 1 aromatic carbocycles. The Balaban J connectivity index is 2.44. The molecule has 4 heteroatoms. The number of esters is 1. The van der Waals surface area contributed by atoms with Gasteiger partial charge in [0.1, 0.15) is 5.54 Å². The van der Waals surface area contributed by atoms with Gasteiger partial charge in [0.25, 0.3) is 0 Å². The molecule has 2 rings (SSSR count). The highest BCUT2D eigenvalue weighted by molar-refractivity contribution is 5.84. The first-order valence-electron chi connectivity index (χ1n) is 6.04. The molecular weight excluding hydrogens is 240 g/mol. The highest BCUT2D eigenvalue weighted by atomic mass is 16.5. The molecule has 0 fully saturated rings. The van der Waals surface area contributed by atoms with Gasteiger partial charge in [0, 0.05) is 17.2 Å². The van der Waals surface area contributed by atoms with Gasteiger partial charge < -0.3 is 4.74 Å². The highest BCUT2D eigenvalue weighted by Crippen LogP contribution is 2.37. The van der Waals surface area contributed by atoms with Crippen molar-refractivity contribution in [3.8, 4) is 0 Å². The van der Waals surface area contributed by atoms with Crippen LogP contribution in [0.3, 0.4) is 0 Å². The van der Waals surface area contributed by atoms with E-state index in [1.165, 1.54) is 13.2 Å². The van der Waals surface area contributed by atoms with Gasteiger partial charge in [-0.05, 0) is 19.9 Å². The van der Waals surface area contributed by atoms with E-state index < -0.39 is 5.54 Å². The number of hydrogen-bond acceptors (Lipinski definition) is 4. The summed E-state index contributed by atoms with van der Waals surface area (Å²) in [5.41, 5.74) is 2.26. The van der Waals surface area contributed by atoms with Crippen LogP contribution in [0, 0.1) is 0 Å². The Morgan fingerprint density at radius 3 is 2.58 bits per heavy atom. The number of rotatable bonds is 3. The molecule has 0 bridgehead atoms. The van der Waals surface area contributed by atoms with Crippen molar-refractivity contribution in [1.29, 1.82) is 0 Å². The number of carbonyl (C=O) groups is 1. The maximum absolute atomic E-state index is 11.2. The van der Waals surface area contributed by atoms with Crippen LogP contribution >= 0.6 is 0 Å². The van der Waals surface area contributed by atoms with Gasteiger partial charge in [-0.15, -0.1) is 0 Å². The largest absolute Gasteiger partial charge is 0.466 e. The summed E-state index contributed by atoms with van der Waals surface area (Å²) in [6.07, 6.45) is 3.13. The molecular formula is C15H16N2O2. The lowest BCUT2D eigenvalue weighted by molar-refractivity contribution is -0.134. The third kappa shape index (κ3) is 2.78. The second-order valence-corrected chi connectivity index (χ2v) is 4.74. The number of nitrogens with zero attached hydrogens (tertiary/aromatic N) is 2. The van der Waals surface area contributed by atoms with Crippen molar-refractivity contribution in [3.63, 3.8) is 0 Å². The molecule has 98 valence electrons. The summed E-state index contributed by atoms with van der Waals surface area (Å²) in [4.78, 5) is 11.2. The Hall–Kier alpha value is -2.23. The van der Waals surface area contributed by atoms with E-state index in [0.29, 0.717) is 0 Å². The summed E-state index contributed by atoms with van der Waals surface area (Å²) in [7, 11) is 1.35. The molecule has 0 atom stereocenters. The fourth-order valence-corrected chi connectivity index (χ4v) is 1.88. The predicted octanol–water partition coefficient (Wildman–Crippen LogP) is 3.37. The minimum absolute atomic E-state index is 0.386. The smallest absolute Gasteiger partial charge is 0.330 e. The standard InChI is InChI=1S/C15H16N2O2/c1-15(2)12(9-10-13(18)19-3)14(16-17-15)11-7-5-4-6-8-11/h4-10H,1-3H3/b10-9+. The van der Waals surface area contributed by atoms with Crippen molar-refractivity contribution in [2.45, 2.75) is 19.4 Å². The summed E-state index contributed by atoms with van der Waals surface area (Å²) < 4.78 is 4.61. The summed E-state index contributed by atoms with van der Waals surface area (Å²) in [5.74, 6) is -0.386. The normalized spacial score (nSPS) is 17.2. The Bertz CT molecular complexity index is 569. The van der Waals surface area contributed by atoms with Gasteiger partial charge in [-0.2, -0.15) is 10.2 Å². The van der Waals surface area contributed by atoms with E-state index in [0.717, 1.165) is 16.8 Å². The monoisotopic (exact) mass is 256 g/mol. The maximum atomic E-state index is 11.2. The molecule has 1 aliphatic rings. The van der Waals surface area contributed by atoms with E-state index in [1.54, 1.807) is 6.08 Å². The number of carbonyl (C=O) groups excluding carboxylic acids is 1. The summed E-state index contributed by atoms with van der Waals surface area (Å²) in [6.45, 7) is 3.92. The summed E-state index contributed by atoms with van der Waals surface area (Å²) in [5, 5.41) is 8.50. The average Bonchev–Trinajstić information content (AvgIpc) is 2.72. The first-order chi connectivity index (χ1) is 9.04. The fourth-order valence-electron chi connectivity index (χ4n) is 1.88. The quantitative estimate of drug-likeness (QED) is 0.615. The maximum Gasteiger partial charge on any atom is 0.330 e. The molecule has 0 radical (unpaired) electrons. The predicted molar refractivity (Wildman–Crippen MR) is 73.5 cm³/mol. The fraction of sp³-hybridized carbons (Fsp3) is 0.267. The minimum Gasteiger partial charge on any atom is -0.466 e. The van der Waals surface area contributed by atoms with Crippen molar-refractivity contribution >= 4 is 11.7 Å². The van der Waals surface area contributed by atoms with Crippen LogP contribution in [0.2, 0.25) is 0 Å². The van der Waals surface area contributed by atoms with E-state index in [4.69, 9.17) is 0 Å². The van der Waals surface area contributed by atoms with E-state index in [9.17, 15) is 4.79 Å². The topological polar surface area (TPSA) is 51.0 Å². The van der Waals surface area contributed by atoms with Crippen LogP contribution in [0.15, 0.2) is 58.3 Å². The number of hydrogen-bond donors (Lipinski definition) is 0. The van der Waals surface area contributed by atoms with Gasteiger partial charge in [0.05, 0.1) is 12.8 Å². The highest BCUT2D eigenvalue weighted by Gasteiger charge is 2.30. The second kappa shape index (κ2) is 5.18. The van der Waals surface area contributed by atoms with Crippen LogP contribution in [0.25, 0.3) is 5.70 Å². The third-order valence-electron chi connectivity index (χ3n) is 2.95. The summed E-state index contributed by atoms with van der Waals surface area (Å²) >= 11 is 0. The Morgan fingerprint density at radius 1 is 1.26 bits per heavy atom. The summed E-state index contributed by atoms with van der Waals surface area (Å²) in [6, 6.07) is 9.80. The van der Waals surface area contributed by atoms with Crippen LogP contribution in [-0.4, -0.2) is 18.6 Å². The van der Waals surface area contributed by atoms with E-state index in [-0.39, 0.29) is 5.97 Å². The zero-order chi connectivity index (χ0) is 13.9. The molecule has 1 aromatic rings. The van der Waals surface area contributed by atoms with E-state index >= 15 is 0 Å². The lowest BCUT2D eigenvalue weighted by Crippen LogP contribution is -2.16. The van der Waals surface area contributed by atoms with Crippen LogP contribution in [0.4, 0.5) is 0 Å². The van der Waals surface area contributed by atoms with Gasteiger partial charge in [0.15, 0.2) is 0 Å². The van der Waals surface area contributed by atoms with Crippen LogP contribution in [0.5, 0.6) is 0 Å². The Morgan fingerprint density at radius 2 is 1.95 bits per heavy atom. The zero-order valence-corrected chi connectivity index (χ0v) is 11.3. The molecule has 0 aromatic heterocycles. The zero-order valence-electron chi connectivity index (χ0n) is 11.3. The van der Waals surface area contributed by atoms with Gasteiger partial charge in [-0.1, -0.05) is 30.3 Å². The van der Waals surface area contributed by atoms with Crippen LogP contribution in [-0.2, 0) is 9.53 Å². The number of methoxy groups -OCH3 is 1. The molecule has 0 amide bonds. The van der Waals surface area contributed by atoms with Gasteiger partial charge in [-0.25, -0.2) is 4.79 Å². The van der Waals surface area contributed by atoms with Crippen molar-refractivity contribution < 1.29 is 9.53 Å². The molecule has 19 heavy (non-hydrogen) atoms. The number of benzene rings is 1. The first kappa shape index (κ1) is 13.2. The molecule has 0 unspecified atom stereocenters. The molecule has 1 heterocycles. The molecule has 0 spiro atoms. The lowest BCUT2D eigenvalue weighted by atomic mass is 9.92. The molecule has 4 nitrogen and oxygen atoms in total. The molecule has 0 N–H and O–H groups in total. The van der Waals surface area contributed by atoms with Gasteiger partial charge in [0.2, 0.25) is 0 Å². The van der Waals surface area contributed by atoms with Crippen molar-refractivity contribution in [1.82, 2.24) is 0 Å². The molecule has 1 aliphatic heterocycles. The van der Waals surface area contributed by atoms with Gasteiger partial charge >= 0.3 is 5.97 Å². The van der Waals surface area contributed by atoms with Gasteiger partial charge in [-0.3, -0.25) is 0 Å². The second-order valence-electron chi connectivity index (χ2n) is 4.74. The van der Waals surface area contributed by atoms with Crippen LogP contribution in [0.1, 0.15) is 19.4 Å². The molecule has 0 saturated heterocycles. The molecule has 0 saturated carbocycles. The van der Waals surface area contributed by atoms with Crippen molar-refractivity contribution in [2.75, 3.05) is 7.11 Å². The molecule has 0 aliphatic carbocycles. The van der Waals surface area contributed by atoms with E-state index in [1.807, 2.05) is 44.2 Å². The Labute approximate surface area is 112 Å². The van der Waals surface area contributed by atoms with Crippen LogP contribution < -0.4 is 0 Å². The SMILES string of the molecule is COC(=O)/C=C/C1=C(c2ccccc2)N=NC1(C)C. The first-order valence-corrected chi connectivity index (χ1v) is 6.04. The lowest BCUT2D eigenvalue weighted by Gasteiger charge is -2.15. The number of ether oxygens (including phenoxy) is 1. The Kier molecular flexibility index (Phi) is 3.60. The van der Waals surface area contributed by atoms with Crippen molar-refractivity contribution in [3.05, 3.63) is 53.6 Å². The average molecular weight is 256 g/mol. The van der Waals surface area contributed by atoms with E-state index in [2.05, 4.69) is 15.0 Å². The number of azo groups is 1.